The lowest BCUT2D eigenvalue weighted by Crippen LogP contribution is -2.23. The first-order valence-electron chi connectivity index (χ1n) is 6.14. The summed E-state index contributed by atoms with van der Waals surface area (Å²) in [4.78, 5) is 2.22. The van der Waals surface area contributed by atoms with Gasteiger partial charge in [-0.25, -0.2) is 0 Å². The van der Waals surface area contributed by atoms with Gasteiger partial charge >= 0.3 is 0 Å². The van der Waals surface area contributed by atoms with Gasteiger partial charge in [0, 0.05) is 26.7 Å². The zero-order valence-electron chi connectivity index (χ0n) is 10.5. The van der Waals surface area contributed by atoms with Crippen molar-refractivity contribution in [2.24, 2.45) is 0 Å². The fourth-order valence-electron chi connectivity index (χ4n) is 2.00. The lowest BCUT2D eigenvalue weighted by molar-refractivity contribution is 0.121. The fraction of sp³-hybridized carbons (Fsp3) is 0.667. The predicted molar refractivity (Wildman–Crippen MR) is 67.0 cm³/mol. The number of rotatable bonds is 5. The number of nitrogens with zero attached hydrogens (tertiary/aromatic N) is 3. The van der Waals surface area contributed by atoms with Crippen LogP contribution in [0.25, 0.3) is 0 Å². The van der Waals surface area contributed by atoms with Crippen molar-refractivity contribution < 1.29 is 4.74 Å². The molecule has 0 aliphatic carbocycles. The van der Waals surface area contributed by atoms with E-state index in [1.165, 1.54) is 0 Å². The van der Waals surface area contributed by atoms with Gasteiger partial charge in [0.05, 0.1) is 11.8 Å². The highest BCUT2D eigenvalue weighted by Gasteiger charge is 2.23. The van der Waals surface area contributed by atoms with Crippen LogP contribution in [0.1, 0.15) is 19.0 Å². The third-order valence-electron chi connectivity index (χ3n) is 3.06. The van der Waals surface area contributed by atoms with Crippen molar-refractivity contribution in [1.82, 2.24) is 15.5 Å². The molecule has 1 saturated heterocycles. The average Bonchev–Trinajstić information content (AvgIpc) is 2.86. The SMILES string of the molecule is CCNCc1ccc(N2CCC(OC)C2)nn1. The minimum Gasteiger partial charge on any atom is -0.380 e. The minimum atomic E-state index is 0.332. The molecule has 0 bridgehead atoms. The van der Waals surface area contributed by atoms with Crippen molar-refractivity contribution in [3.63, 3.8) is 0 Å². The normalized spacial score (nSPS) is 19.9. The van der Waals surface area contributed by atoms with Gasteiger partial charge in [0.1, 0.15) is 0 Å². The molecule has 1 atom stereocenters. The topological polar surface area (TPSA) is 50.3 Å². The summed E-state index contributed by atoms with van der Waals surface area (Å²) in [5, 5.41) is 11.7. The zero-order chi connectivity index (χ0) is 12.1. The number of aromatic nitrogens is 2. The van der Waals surface area contributed by atoms with Crippen molar-refractivity contribution in [3.8, 4) is 0 Å². The van der Waals surface area contributed by atoms with Crippen LogP contribution < -0.4 is 10.2 Å². The van der Waals surface area contributed by atoms with Gasteiger partial charge in [0.25, 0.3) is 0 Å². The second-order valence-electron chi connectivity index (χ2n) is 4.26. The Labute approximate surface area is 102 Å². The van der Waals surface area contributed by atoms with Crippen LogP contribution >= 0.6 is 0 Å². The van der Waals surface area contributed by atoms with Crippen molar-refractivity contribution in [3.05, 3.63) is 17.8 Å². The maximum atomic E-state index is 5.34. The standard InChI is InChI=1S/C12H20N4O/c1-3-13-8-10-4-5-12(15-14-10)16-7-6-11(9-16)17-2/h4-5,11,13H,3,6-9H2,1-2H3. The van der Waals surface area contributed by atoms with Gasteiger partial charge in [0.15, 0.2) is 5.82 Å². The molecular weight excluding hydrogens is 216 g/mol. The summed E-state index contributed by atoms with van der Waals surface area (Å²) >= 11 is 0. The molecule has 2 rings (SSSR count). The Morgan fingerprint density at radius 2 is 2.35 bits per heavy atom. The number of hydrogen-bond donors (Lipinski definition) is 1. The summed E-state index contributed by atoms with van der Waals surface area (Å²) in [5.41, 5.74) is 0.984. The third kappa shape index (κ3) is 3.14. The van der Waals surface area contributed by atoms with E-state index in [0.29, 0.717) is 6.10 Å². The zero-order valence-corrected chi connectivity index (χ0v) is 10.5. The van der Waals surface area contributed by atoms with E-state index in [1.54, 1.807) is 7.11 Å². The average molecular weight is 236 g/mol. The Morgan fingerprint density at radius 3 is 2.94 bits per heavy atom. The highest BCUT2D eigenvalue weighted by molar-refractivity contribution is 5.38. The van der Waals surface area contributed by atoms with Crippen LogP contribution in [0.4, 0.5) is 5.82 Å². The molecule has 5 nitrogen and oxygen atoms in total. The molecule has 1 aliphatic heterocycles. The Bertz CT molecular complexity index is 341. The molecule has 0 aromatic carbocycles. The van der Waals surface area contributed by atoms with E-state index < -0.39 is 0 Å². The smallest absolute Gasteiger partial charge is 0.151 e. The Kier molecular flexibility index (Phi) is 4.28. The van der Waals surface area contributed by atoms with Crippen LogP contribution in [0.3, 0.4) is 0 Å². The van der Waals surface area contributed by atoms with E-state index in [0.717, 1.165) is 44.1 Å². The summed E-state index contributed by atoms with van der Waals surface area (Å²) in [7, 11) is 1.76. The van der Waals surface area contributed by atoms with E-state index in [9.17, 15) is 0 Å². The molecule has 1 aromatic heterocycles. The number of nitrogens with one attached hydrogen (secondary N) is 1. The largest absolute Gasteiger partial charge is 0.380 e. The van der Waals surface area contributed by atoms with E-state index in [1.807, 2.05) is 12.1 Å². The number of methoxy groups -OCH3 is 1. The van der Waals surface area contributed by atoms with E-state index in [4.69, 9.17) is 4.74 Å². The molecule has 0 saturated carbocycles. The van der Waals surface area contributed by atoms with E-state index in [-0.39, 0.29) is 0 Å². The first-order valence-corrected chi connectivity index (χ1v) is 6.14. The van der Waals surface area contributed by atoms with Crippen LogP contribution in [0.2, 0.25) is 0 Å². The quantitative estimate of drug-likeness (QED) is 0.820. The summed E-state index contributed by atoms with van der Waals surface area (Å²) in [5.74, 6) is 0.949. The van der Waals surface area contributed by atoms with E-state index in [2.05, 4.69) is 27.3 Å². The summed E-state index contributed by atoms with van der Waals surface area (Å²) in [6.07, 6.45) is 1.40. The Balaban J connectivity index is 1.94. The number of anilines is 1. The van der Waals surface area contributed by atoms with Crippen LogP contribution in [-0.4, -0.2) is 43.0 Å². The molecule has 1 N–H and O–H groups in total. The summed E-state index contributed by atoms with van der Waals surface area (Å²) in [6.45, 7) is 5.73. The maximum absolute atomic E-state index is 5.34. The van der Waals surface area contributed by atoms with Gasteiger partial charge in [-0.3, -0.25) is 0 Å². The second kappa shape index (κ2) is 5.93. The molecular formula is C12H20N4O. The molecule has 1 unspecified atom stereocenters. The first-order chi connectivity index (χ1) is 8.33. The molecule has 17 heavy (non-hydrogen) atoms. The predicted octanol–water partition coefficient (Wildman–Crippen LogP) is 0.811. The van der Waals surface area contributed by atoms with E-state index >= 15 is 0 Å². The van der Waals surface area contributed by atoms with Crippen LogP contribution in [-0.2, 0) is 11.3 Å². The highest BCUT2D eigenvalue weighted by Crippen LogP contribution is 2.18. The lowest BCUT2D eigenvalue weighted by Gasteiger charge is -2.16. The lowest BCUT2D eigenvalue weighted by atomic mass is 10.3. The molecule has 94 valence electrons. The molecule has 5 heteroatoms. The van der Waals surface area contributed by atoms with Crippen molar-refractivity contribution >= 4 is 5.82 Å². The molecule has 1 fully saturated rings. The van der Waals surface area contributed by atoms with Crippen molar-refractivity contribution in [1.29, 1.82) is 0 Å². The summed E-state index contributed by atoms with van der Waals surface area (Å²) < 4.78 is 5.34. The molecule has 1 aliphatic rings. The van der Waals surface area contributed by atoms with Gasteiger partial charge < -0.3 is 15.0 Å². The van der Waals surface area contributed by atoms with Crippen LogP contribution in [0, 0.1) is 0 Å². The van der Waals surface area contributed by atoms with Crippen molar-refractivity contribution in [2.45, 2.75) is 26.0 Å². The molecule has 2 heterocycles. The highest BCUT2D eigenvalue weighted by atomic mass is 16.5. The molecule has 0 amide bonds. The summed E-state index contributed by atoms with van der Waals surface area (Å²) in [6, 6.07) is 4.07. The number of ether oxygens (including phenoxy) is 1. The number of hydrogen-bond acceptors (Lipinski definition) is 5. The van der Waals surface area contributed by atoms with Gasteiger partial charge in [0.2, 0.25) is 0 Å². The maximum Gasteiger partial charge on any atom is 0.151 e. The van der Waals surface area contributed by atoms with Gasteiger partial charge in [-0.05, 0) is 25.1 Å². The molecule has 1 aromatic rings. The first kappa shape index (κ1) is 12.3. The Morgan fingerprint density at radius 1 is 1.47 bits per heavy atom. The molecule has 0 radical (unpaired) electrons. The van der Waals surface area contributed by atoms with Gasteiger partial charge in [-0.15, -0.1) is 5.10 Å². The van der Waals surface area contributed by atoms with Gasteiger partial charge in [-0.1, -0.05) is 6.92 Å². The van der Waals surface area contributed by atoms with Crippen molar-refractivity contribution in [2.75, 3.05) is 31.6 Å². The van der Waals surface area contributed by atoms with Crippen LogP contribution in [0.15, 0.2) is 12.1 Å². The third-order valence-corrected chi connectivity index (χ3v) is 3.06. The van der Waals surface area contributed by atoms with Gasteiger partial charge in [-0.2, -0.15) is 5.10 Å². The van der Waals surface area contributed by atoms with Crippen LogP contribution in [0.5, 0.6) is 0 Å². The molecule has 0 spiro atoms. The Hall–Kier alpha value is -1.20. The minimum absolute atomic E-state index is 0.332. The monoisotopic (exact) mass is 236 g/mol. The fourth-order valence-corrected chi connectivity index (χ4v) is 2.00. The second-order valence-corrected chi connectivity index (χ2v) is 4.26.